The van der Waals surface area contributed by atoms with Crippen LogP contribution in [0.1, 0.15) is 42.5 Å². The molecule has 0 atom stereocenters. The largest absolute Gasteiger partial charge is 0.496 e. The molecule has 0 spiro atoms. The van der Waals surface area contributed by atoms with E-state index in [1.165, 1.54) is 13.2 Å². The second kappa shape index (κ2) is 9.58. The van der Waals surface area contributed by atoms with Crippen molar-refractivity contribution < 1.29 is 32.5 Å². The molecule has 3 heterocycles. The number of carbonyl (C=O) groups is 1. The zero-order valence-electron chi connectivity index (χ0n) is 18.8. The number of imidazole rings is 1. The predicted molar refractivity (Wildman–Crippen MR) is 120 cm³/mol. The van der Waals surface area contributed by atoms with Gasteiger partial charge >= 0.3 is 6.61 Å². The molecule has 7 nitrogen and oxygen atoms in total. The first-order chi connectivity index (χ1) is 16.5. The molecular weight excluding hydrogens is 446 g/mol. The number of aromatic nitrogens is 2. The standard InChI is InChI=1S/C25H26F2N2O5/c1-31-21-11-16(12-22(34-25(26)27)24(21)20(30)10-15-2-3-15)19-14-28-23-13-18(4-7-29(19)23)33-17-5-8-32-9-6-17/h4,7,11-15,17,25H,2-3,5-6,8-10H2,1H3. The third-order valence-electron chi connectivity index (χ3n) is 6.20. The van der Waals surface area contributed by atoms with Gasteiger partial charge in [0.25, 0.3) is 0 Å². The fourth-order valence-corrected chi connectivity index (χ4v) is 4.28. The third-order valence-corrected chi connectivity index (χ3v) is 6.20. The highest BCUT2D eigenvalue weighted by molar-refractivity contribution is 6.02. The maximum Gasteiger partial charge on any atom is 0.387 e. The van der Waals surface area contributed by atoms with E-state index in [0.717, 1.165) is 25.7 Å². The summed E-state index contributed by atoms with van der Waals surface area (Å²) in [7, 11) is 1.41. The summed E-state index contributed by atoms with van der Waals surface area (Å²) in [6, 6.07) is 6.79. The molecule has 3 aromatic rings. The molecule has 1 aromatic carbocycles. The first-order valence-corrected chi connectivity index (χ1v) is 11.4. The van der Waals surface area contributed by atoms with Gasteiger partial charge in [-0.15, -0.1) is 0 Å². The van der Waals surface area contributed by atoms with E-state index in [4.69, 9.17) is 18.9 Å². The van der Waals surface area contributed by atoms with Crippen LogP contribution in [0.2, 0.25) is 0 Å². The number of hydrogen-bond acceptors (Lipinski definition) is 6. The first-order valence-electron chi connectivity index (χ1n) is 11.4. The molecule has 2 fully saturated rings. The number of pyridine rings is 1. The molecule has 1 aliphatic heterocycles. The molecule has 180 valence electrons. The molecule has 0 N–H and O–H groups in total. The maximum atomic E-state index is 13.2. The summed E-state index contributed by atoms with van der Waals surface area (Å²) >= 11 is 0. The van der Waals surface area contributed by atoms with Crippen LogP contribution in [0, 0.1) is 5.92 Å². The number of carbonyl (C=O) groups excluding carboxylic acids is 1. The summed E-state index contributed by atoms with van der Waals surface area (Å²) in [5, 5.41) is 0. The molecule has 1 aliphatic carbocycles. The van der Waals surface area contributed by atoms with Crippen molar-refractivity contribution >= 4 is 11.4 Å². The number of ether oxygens (including phenoxy) is 4. The minimum Gasteiger partial charge on any atom is -0.496 e. The van der Waals surface area contributed by atoms with Crippen LogP contribution in [0.15, 0.2) is 36.7 Å². The first kappa shape index (κ1) is 22.6. The molecule has 1 saturated carbocycles. The summed E-state index contributed by atoms with van der Waals surface area (Å²) in [5.41, 5.74) is 1.88. The number of alkyl halides is 2. The van der Waals surface area contributed by atoms with Crippen LogP contribution in [-0.2, 0) is 4.74 Å². The topological polar surface area (TPSA) is 71.3 Å². The van der Waals surface area contributed by atoms with Crippen molar-refractivity contribution in [1.29, 1.82) is 0 Å². The lowest BCUT2D eigenvalue weighted by atomic mass is 10.00. The summed E-state index contributed by atoms with van der Waals surface area (Å²) in [6.07, 6.45) is 7.47. The van der Waals surface area contributed by atoms with Crippen molar-refractivity contribution in [2.75, 3.05) is 20.3 Å². The van der Waals surface area contributed by atoms with E-state index in [2.05, 4.69) is 4.98 Å². The minimum atomic E-state index is -3.07. The number of Topliss-reactive ketones (excluding diaryl/α,β-unsaturated/α-hetero) is 1. The van der Waals surface area contributed by atoms with Crippen molar-refractivity contribution in [2.24, 2.45) is 5.92 Å². The highest BCUT2D eigenvalue weighted by atomic mass is 19.3. The zero-order chi connectivity index (χ0) is 23.7. The number of nitrogens with zero attached hydrogens (tertiary/aromatic N) is 2. The van der Waals surface area contributed by atoms with Gasteiger partial charge in [-0.1, -0.05) is 0 Å². The summed E-state index contributed by atoms with van der Waals surface area (Å²) in [5.74, 6) is 0.761. The van der Waals surface area contributed by atoms with E-state index in [9.17, 15) is 13.6 Å². The molecule has 0 amide bonds. The van der Waals surface area contributed by atoms with Gasteiger partial charge in [0.2, 0.25) is 0 Å². The number of benzene rings is 1. The lowest BCUT2D eigenvalue weighted by Crippen LogP contribution is -2.25. The van der Waals surface area contributed by atoms with Gasteiger partial charge in [-0.25, -0.2) is 4.98 Å². The van der Waals surface area contributed by atoms with Crippen LogP contribution in [0.5, 0.6) is 17.2 Å². The van der Waals surface area contributed by atoms with Gasteiger partial charge in [-0.05, 0) is 37.0 Å². The molecule has 2 aromatic heterocycles. The van der Waals surface area contributed by atoms with Gasteiger partial charge in [0.05, 0.1) is 32.2 Å². The van der Waals surface area contributed by atoms with Gasteiger partial charge < -0.3 is 18.9 Å². The fourth-order valence-electron chi connectivity index (χ4n) is 4.28. The van der Waals surface area contributed by atoms with Gasteiger partial charge in [0.15, 0.2) is 5.78 Å². The van der Waals surface area contributed by atoms with Crippen LogP contribution in [-0.4, -0.2) is 48.2 Å². The van der Waals surface area contributed by atoms with E-state index >= 15 is 0 Å². The Balaban J connectivity index is 1.49. The Morgan fingerprint density at radius 3 is 2.65 bits per heavy atom. The zero-order valence-corrected chi connectivity index (χ0v) is 18.8. The van der Waals surface area contributed by atoms with Crippen LogP contribution >= 0.6 is 0 Å². The van der Waals surface area contributed by atoms with E-state index < -0.39 is 6.61 Å². The van der Waals surface area contributed by atoms with Crippen molar-refractivity contribution in [3.63, 3.8) is 0 Å². The molecule has 0 unspecified atom stereocenters. The van der Waals surface area contributed by atoms with Gasteiger partial charge in [0.1, 0.15) is 34.6 Å². The summed E-state index contributed by atoms with van der Waals surface area (Å²) < 4.78 is 49.9. The van der Waals surface area contributed by atoms with Crippen molar-refractivity contribution in [2.45, 2.75) is 44.8 Å². The van der Waals surface area contributed by atoms with E-state index in [1.807, 2.05) is 22.7 Å². The quantitative estimate of drug-likeness (QED) is 0.401. The molecule has 9 heteroatoms. The average molecular weight is 472 g/mol. The molecule has 1 saturated heterocycles. The number of methoxy groups -OCH3 is 1. The number of hydrogen-bond donors (Lipinski definition) is 0. The van der Waals surface area contributed by atoms with Gasteiger partial charge in [-0.3, -0.25) is 9.20 Å². The van der Waals surface area contributed by atoms with Crippen LogP contribution in [0.25, 0.3) is 16.9 Å². The fraction of sp³-hybridized carbons (Fsp3) is 0.440. The summed E-state index contributed by atoms with van der Waals surface area (Å²) in [4.78, 5) is 17.3. The predicted octanol–water partition coefficient (Wildman–Crippen LogP) is 5.15. The number of rotatable bonds is 9. The Hall–Kier alpha value is -3.20. The van der Waals surface area contributed by atoms with E-state index in [1.54, 1.807) is 12.3 Å². The highest BCUT2D eigenvalue weighted by Gasteiger charge is 2.30. The van der Waals surface area contributed by atoms with Crippen molar-refractivity contribution in [1.82, 2.24) is 9.38 Å². The number of ketones is 1. The molecule has 5 rings (SSSR count). The van der Waals surface area contributed by atoms with Crippen LogP contribution < -0.4 is 14.2 Å². The monoisotopic (exact) mass is 472 g/mol. The second-order valence-corrected chi connectivity index (χ2v) is 8.66. The van der Waals surface area contributed by atoms with Crippen molar-refractivity contribution in [3.05, 3.63) is 42.2 Å². The van der Waals surface area contributed by atoms with Gasteiger partial charge in [-0.2, -0.15) is 8.78 Å². The minimum absolute atomic E-state index is 0.0550. The third kappa shape index (κ3) is 4.84. The Labute approximate surface area is 195 Å². The van der Waals surface area contributed by atoms with E-state index in [0.29, 0.717) is 48.2 Å². The van der Waals surface area contributed by atoms with Crippen LogP contribution in [0.3, 0.4) is 0 Å². The Kier molecular flexibility index (Phi) is 6.36. The summed E-state index contributed by atoms with van der Waals surface area (Å²) in [6.45, 7) is -1.70. The smallest absolute Gasteiger partial charge is 0.387 e. The molecular formula is C25H26F2N2O5. The maximum absolute atomic E-state index is 13.2. The normalized spacial score (nSPS) is 16.7. The average Bonchev–Trinajstić information content (AvgIpc) is 3.54. The number of halogens is 2. The number of fused-ring (bicyclic) bond motifs is 1. The highest BCUT2D eigenvalue weighted by Crippen LogP contribution is 2.40. The Bertz CT molecular complexity index is 1190. The van der Waals surface area contributed by atoms with E-state index in [-0.39, 0.29) is 28.9 Å². The molecule has 34 heavy (non-hydrogen) atoms. The molecule has 0 bridgehead atoms. The van der Waals surface area contributed by atoms with Crippen molar-refractivity contribution in [3.8, 4) is 28.5 Å². The lowest BCUT2D eigenvalue weighted by Gasteiger charge is -2.23. The lowest BCUT2D eigenvalue weighted by molar-refractivity contribution is -0.0502. The Morgan fingerprint density at radius 2 is 1.94 bits per heavy atom. The molecule has 2 aliphatic rings. The van der Waals surface area contributed by atoms with Gasteiger partial charge in [0, 0.05) is 37.1 Å². The second-order valence-electron chi connectivity index (χ2n) is 8.66. The van der Waals surface area contributed by atoms with Crippen LogP contribution in [0.4, 0.5) is 8.78 Å². The Morgan fingerprint density at radius 1 is 1.18 bits per heavy atom. The molecule has 0 radical (unpaired) electrons. The SMILES string of the molecule is COc1cc(-c2cnc3cc(OC4CCOCC4)ccn23)cc(OC(F)F)c1C(=O)CC1CC1.